The molecule has 6 aromatic rings. The summed E-state index contributed by atoms with van der Waals surface area (Å²) in [5.41, 5.74) is 14.3. The van der Waals surface area contributed by atoms with Gasteiger partial charge in [-0.05, 0) is 60.5 Å². The van der Waals surface area contributed by atoms with Gasteiger partial charge in [0, 0.05) is 67.3 Å². The molecule has 2 saturated heterocycles. The molecule has 8 rings (SSSR count). The Kier molecular flexibility index (Phi) is 6.76. The van der Waals surface area contributed by atoms with Gasteiger partial charge in [0.25, 0.3) is 0 Å². The zero-order valence-corrected chi connectivity index (χ0v) is 25.3. The van der Waals surface area contributed by atoms with Crippen molar-refractivity contribution in [3.63, 3.8) is 0 Å². The first-order valence-corrected chi connectivity index (χ1v) is 15.5. The van der Waals surface area contributed by atoms with Crippen molar-refractivity contribution >= 4 is 29.0 Å². The number of phenolic OH excluding ortho intramolecular Hbond substituents is 1. The molecule has 0 saturated carbocycles. The lowest BCUT2D eigenvalue weighted by atomic mass is 9.79. The van der Waals surface area contributed by atoms with Gasteiger partial charge in [0.2, 0.25) is 0 Å². The van der Waals surface area contributed by atoms with Gasteiger partial charge in [-0.25, -0.2) is 15.0 Å². The highest BCUT2D eigenvalue weighted by Gasteiger charge is 2.47. The van der Waals surface area contributed by atoms with E-state index in [-0.39, 0.29) is 11.2 Å². The number of imidazole rings is 1. The summed E-state index contributed by atoms with van der Waals surface area (Å²) in [5.74, 6) is 1.17. The fraction of sp³-hybridized carbons (Fsp3) is 0.189. The number of benzene rings is 3. The summed E-state index contributed by atoms with van der Waals surface area (Å²) >= 11 is 0. The van der Waals surface area contributed by atoms with Crippen molar-refractivity contribution in [1.29, 1.82) is 0 Å². The molecule has 0 amide bonds. The van der Waals surface area contributed by atoms with E-state index in [2.05, 4.69) is 55.7 Å². The second kappa shape index (κ2) is 11.1. The van der Waals surface area contributed by atoms with Crippen molar-refractivity contribution in [2.24, 2.45) is 5.41 Å². The average molecular weight is 608 g/mol. The molecule has 1 spiro atoms. The van der Waals surface area contributed by atoms with Crippen LogP contribution in [0.15, 0.2) is 103 Å². The zero-order chi connectivity index (χ0) is 31.3. The monoisotopic (exact) mass is 607 g/mol. The van der Waals surface area contributed by atoms with Gasteiger partial charge in [-0.2, -0.15) is 0 Å². The predicted molar refractivity (Wildman–Crippen MR) is 180 cm³/mol. The molecule has 9 nitrogen and oxygen atoms in total. The number of fused-ring (bicyclic) bond motifs is 1. The summed E-state index contributed by atoms with van der Waals surface area (Å²) in [5, 5.41) is 10.2. The number of aromatic nitrogens is 4. The Balaban J connectivity index is 1.03. The van der Waals surface area contributed by atoms with Crippen LogP contribution in [-0.4, -0.2) is 62.0 Å². The van der Waals surface area contributed by atoms with Gasteiger partial charge in [0.15, 0.2) is 17.8 Å². The van der Waals surface area contributed by atoms with Crippen LogP contribution < -0.4 is 10.6 Å². The van der Waals surface area contributed by atoms with Crippen LogP contribution in [0.1, 0.15) is 22.3 Å². The van der Waals surface area contributed by atoms with Crippen LogP contribution in [0.4, 0.5) is 11.5 Å². The Bertz CT molecular complexity index is 2070. The topological polar surface area (TPSA) is 113 Å². The highest BCUT2D eigenvalue weighted by Crippen LogP contribution is 2.42. The summed E-state index contributed by atoms with van der Waals surface area (Å²) in [7, 11) is 0. The number of rotatable bonds is 7. The SMILES string of the molecule is Nc1ncccc1-c1nc2ccc(-c3ccccc3)nc2n1-c1ccc(CN2CC3(CCN(c4ccc(C=O)c(O)c4)C3)C2)cc1. The molecule has 0 atom stereocenters. The number of aldehydes is 1. The second-order valence-electron chi connectivity index (χ2n) is 12.5. The van der Waals surface area contributed by atoms with E-state index in [9.17, 15) is 9.90 Å². The van der Waals surface area contributed by atoms with Crippen molar-refractivity contribution in [3.8, 4) is 34.1 Å². The summed E-state index contributed by atoms with van der Waals surface area (Å²) in [6, 6.07) is 31.9. The lowest BCUT2D eigenvalue weighted by molar-refractivity contribution is 0.0117. The molecular formula is C37H33N7O2. The number of nitrogens with two attached hydrogens (primary N) is 1. The second-order valence-corrected chi connectivity index (χ2v) is 12.5. The normalized spacial score (nSPS) is 15.8. The number of phenols is 1. The maximum Gasteiger partial charge on any atom is 0.165 e. The summed E-state index contributed by atoms with van der Waals surface area (Å²) in [4.78, 5) is 30.3. The van der Waals surface area contributed by atoms with Crippen LogP contribution in [0.25, 0.3) is 39.5 Å². The number of hydrogen-bond donors (Lipinski definition) is 2. The number of anilines is 2. The average Bonchev–Trinajstić information content (AvgIpc) is 3.68. The van der Waals surface area contributed by atoms with E-state index in [1.165, 1.54) is 5.56 Å². The molecule has 0 aliphatic carbocycles. The van der Waals surface area contributed by atoms with E-state index in [1.807, 2.05) is 48.5 Å². The summed E-state index contributed by atoms with van der Waals surface area (Å²) < 4.78 is 2.07. The maximum absolute atomic E-state index is 11.1. The number of nitrogen functional groups attached to an aromatic ring is 1. The molecule has 46 heavy (non-hydrogen) atoms. The number of carbonyl (C=O) groups excluding carboxylic acids is 1. The van der Waals surface area contributed by atoms with Crippen molar-refractivity contribution < 1.29 is 9.90 Å². The van der Waals surface area contributed by atoms with E-state index in [4.69, 9.17) is 15.7 Å². The first-order chi connectivity index (χ1) is 22.5. The third kappa shape index (κ3) is 4.95. The van der Waals surface area contributed by atoms with Crippen molar-refractivity contribution in [2.75, 3.05) is 36.8 Å². The van der Waals surface area contributed by atoms with Crippen LogP contribution >= 0.6 is 0 Å². The maximum atomic E-state index is 11.1. The Hall–Kier alpha value is -5.54. The van der Waals surface area contributed by atoms with Crippen molar-refractivity contribution in [3.05, 3.63) is 114 Å². The molecule has 2 aliphatic heterocycles. The summed E-state index contributed by atoms with van der Waals surface area (Å²) in [6.45, 7) is 4.85. The molecule has 228 valence electrons. The third-order valence-electron chi connectivity index (χ3n) is 9.32. The molecule has 0 unspecified atom stereocenters. The number of carbonyl (C=O) groups is 1. The zero-order valence-electron chi connectivity index (χ0n) is 25.3. The van der Waals surface area contributed by atoms with Gasteiger partial charge in [0.1, 0.15) is 17.1 Å². The Morgan fingerprint density at radius 3 is 2.43 bits per heavy atom. The van der Waals surface area contributed by atoms with Gasteiger partial charge in [-0.3, -0.25) is 14.3 Å². The molecule has 3 N–H and O–H groups in total. The van der Waals surface area contributed by atoms with E-state index in [0.717, 1.165) is 78.5 Å². The standard InChI is InChI=1S/C37H33N7O2/c38-34-30(7-4-17-39-34)35-41-32-15-14-31(26-5-2-1-3-6-26)40-36(32)44(35)28-11-8-25(9-12-28)20-42-22-37(23-42)16-18-43(24-37)29-13-10-27(21-45)33(46)19-29/h1-15,17,19,21,46H,16,18,20,22-24H2,(H2,38,39). The van der Waals surface area contributed by atoms with E-state index < -0.39 is 0 Å². The molecule has 9 heteroatoms. The quantitative estimate of drug-likeness (QED) is 0.214. The molecular weight excluding hydrogens is 574 g/mol. The number of pyridine rings is 2. The molecule has 3 aromatic carbocycles. The van der Waals surface area contributed by atoms with Crippen LogP contribution in [0.5, 0.6) is 5.75 Å². The Labute approximate surface area is 266 Å². The van der Waals surface area contributed by atoms with E-state index >= 15 is 0 Å². The molecule has 3 aromatic heterocycles. The minimum atomic E-state index is 0.0410. The largest absolute Gasteiger partial charge is 0.507 e. The Morgan fingerprint density at radius 2 is 1.67 bits per heavy atom. The lowest BCUT2D eigenvalue weighted by Gasteiger charge is -2.48. The predicted octanol–water partition coefficient (Wildman–Crippen LogP) is 5.96. The number of nitrogens with zero attached hydrogens (tertiary/aromatic N) is 6. The first-order valence-electron chi connectivity index (χ1n) is 15.5. The van der Waals surface area contributed by atoms with Crippen molar-refractivity contribution in [2.45, 2.75) is 13.0 Å². The fourth-order valence-electron chi connectivity index (χ4n) is 7.02. The van der Waals surface area contributed by atoms with E-state index in [0.29, 0.717) is 23.5 Å². The van der Waals surface area contributed by atoms with Crippen LogP contribution in [-0.2, 0) is 6.54 Å². The lowest BCUT2D eigenvalue weighted by Crippen LogP contribution is -2.56. The smallest absolute Gasteiger partial charge is 0.165 e. The summed E-state index contributed by atoms with van der Waals surface area (Å²) in [6.07, 6.45) is 3.49. The fourth-order valence-corrected chi connectivity index (χ4v) is 7.02. The molecule has 0 radical (unpaired) electrons. The highest BCUT2D eigenvalue weighted by molar-refractivity contribution is 5.84. The third-order valence-corrected chi connectivity index (χ3v) is 9.32. The van der Waals surface area contributed by atoms with Crippen LogP contribution in [0, 0.1) is 5.41 Å². The molecule has 0 bridgehead atoms. The van der Waals surface area contributed by atoms with Gasteiger partial charge in [-0.1, -0.05) is 42.5 Å². The molecule has 2 fully saturated rings. The van der Waals surface area contributed by atoms with Gasteiger partial charge >= 0.3 is 0 Å². The van der Waals surface area contributed by atoms with Gasteiger partial charge in [0.05, 0.1) is 16.8 Å². The van der Waals surface area contributed by atoms with E-state index in [1.54, 1.807) is 18.3 Å². The molecule has 5 heterocycles. The number of likely N-dealkylation sites (tertiary alicyclic amines) is 1. The van der Waals surface area contributed by atoms with Gasteiger partial charge < -0.3 is 15.7 Å². The minimum absolute atomic E-state index is 0.0410. The minimum Gasteiger partial charge on any atom is -0.507 e. The first kappa shape index (κ1) is 28.0. The van der Waals surface area contributed by atoms with Gasteiger partial charge in [-0.15, -0.1) is 0 Å². The number of aromatic hydroxyl groups is 1. The number of hydrogen-bond acceptors (Lipinski definition) is 8. The highest BCUT2D eigenvalue weighted by atomic mass is 16.3. The molecule has 2 aliphatic rings. The van der Waals surface area contributed by atoms with Crippen LogP contribution in [0.2, 0.25) is 0 Å². The van der Waals surface area contributed by atoms with Crippen molar-refractivity contribution in [1.82, 2.24) is 24.4 Å². The van der Waals surface area contributed by atoms with Crippen LogP contribution in [0.3, 0.4) is 0 Å². The Morgan fingerprint density at radius 1 is 0.870 bits per heavy atom.